The maximum Gasteiger partial charge on any atom is 0.0489 e. The second-order valence-corrected chi connectivity index (χ2v) is 17.7. The third kappa shape index (κ3) is 4.42. The van der Waals surface area contributed by atoms with E-state index in [0.29, 0.717) is 0 Å². The molecule has 0 saturated carbocycles. The number of nitrogens with zero attached hydrogens (tertiary/aromatic N) is 1. The first-order valence-corrected chi connectivity index (χ1v) is 20.7. The summed E-state index contributed by atoms with van der Waals surface area (Å²) in [6.07, 6.45) is 0. The molecule has 1 heteroatoms. The molecule has 1 aromatic heterocycles. The van der Waals surface area contributed by atoms with Gasteiger partial charge in [-0.3, -0.25) is 0 Å². The summed E-state index contributed by atoms with van der Waals surface area (Å²) >= 11 is 0. The summed E-state index contributed by atoms with van der Waals surface area (Å²) in [5.74, 6) is 0. The monoisotopic (exact) mass is 741 g/mol. The number of hydrogen-bond acceptors (Lipinski definition) is 0. The van der Waals surface area contributed by atoms with Gasteiger partial charge in [0.05, 0.1) is 0 Å². The highest BCUT2D eigenvalue weighted by Crippen LogP contribution is 2.53. The molecule has 0 atom stereocenters. The van der Waals surface area contributed by atoms with Gasteiger partial charge in [0, 0.05) is 39.7 Å². The standard InChI is InChI=1S/C57H43N/c1-56(2)49-20-12-9-15-39(49)45-31-36(24-28-50(45)56)55-43-18-7-6-17-42(43)54(37-25-29-53-46(32-37)41-16-10-13-21-52(41)58(53)5)44-27-23-34(30-47(44)55)35-22-26-40-38-14-8-11-19-48(38)57(3,4)51(40)33-35/h6-33H,1-5H3. The van der Waals surface area contributed by atoms with E-state index in [4.69, 9.17) is 0 Å². The van der Waals surface area contributed by atoms with Gasteiger partial charge >= 0.3 is 0 Å². The number of aryl methyl sites for hydroxylation is 1. The van der Waals surface area contributed by atoms with Crippen LogP contribution in [0.25, 0.3) is 99.0 Å². The Balaban J connectivity index is 1.15. The molecule has 0 unspecified atom stereocenters. The summed E-state index contributed by atoms with van der Waals surface area (Å²) in [7, 11) is 2.18. The summed E-state index contributed by atoms with van der Waals surface area (Å²) in [6, 6.07) is 64.5. The smallest absolute Gasteiger partial charge is 0.0489 e. The molecule has 0 bridgehead atoms. The van der Waals surface area contributed by atoms with Crippen molar-refractivity contribution in [2.75, 3.05) is 0 Å². The van der Waals surface area contributed by atoms with Crippen molar-refractivity contribution in [1.82, 2.24) is 4.57 Å². The number of rotatable bonds is 3. The van der Waals surface area contributed by atoms with Crippen molar-refractivity contribution < 1.29 is 0 Å². The van der Waals surface area contributed by atoms with E-state index in [2.05, 4.69) is 209 Å². The first kappa shape index (κ1) is 33.4. The Bertz CT molecular complexity index is 3400. The molecule has 1 heterocycles. The summed E-state index contributed by atoms with van der Waals surface area (Å²) < 4.78 is 2.32. The lowest BCUT2D eigenvalue weighted by atomic mass is 9.80. The van der Waals surface area contributed by atoms with Gasteiger partial charge in [-0.2, -0.15) is 0 Å². The first-order valence-electron chi connectivity index (χ1n) is 20.7. The first-order chi connectivity index (χ1) is 28.2. The van der Waals surface area contributed by atoms with Crippen LogP contribution in [0.15, 0.2) is 170 Å². The molecule has 0 N–H and O–H groups in total. The van der Waals surface area contributed by atoms with Crippen LogP contribution in [0, 0.1) is 0 Å². The van der Waals surface area contributed by atoms with E-state index in [1.807, 2.05) is 0 Å². The summed E-state index contributed by atoms with van der Waals surface area (Å²) in [6.45, 7) is 9.48. The van der Waals surface area contributed by atoms with Crippen LogP contribution in [-0.4, -0.2) is 4.57 Å². The fraction of sp³-hybridized carbons (Fsp3) is 0.123. The summed E-state index contributed by atoms with van der Waals surface area (Å²) in [5, 5.41) is 7.67. The number of fused-ring (bicyclic) bond motifs is 11. The minimum Gasteiger partial charge on any atom is -0.344 e. The lowest BCUT2D eigenvalue weighted by Crippen LogP contribution is -2.14. The van der Waals surface area contributed by atoms with E-state index in [-0.39, 0.29) is 10.8 Å². The molecule has 58 heavy (non-hydrogen) atoms. The van der Waals surface area contributed by atoms with Crippen molar-refractivity contribution in [3.63, 3.8) is 0 Å². The van der Waals surface area contributed by atoms with Gasteiger partial charge < -0.3 is 4.57 Å². The van der Waals surface area contributed by atoms with Crippen molar-refractivity contribution in [3.05, 3.63) is 192 Å². The van der Waals surface area contributed by atoms with Gasteiger partial charge in [0.2, 0.25) is 0 Å². The average molecular weight is 742 g/mol. The van der Waals surface area contributed by atoms with Gasteiger partial charge in [0.1, 0.15) is 0 Å². The summed E-state index contributed by atoms with van der Waals surface area (Å²) in [5.41, 5.74) is 21.0. The van der Waals surface area contributed by atoms with Gasteiger partial charge in [-0.25, -0.2) is 0 Å². The molecule has 2 aliphatic rings. The Morgan fingerprint density at radius 1 is 0.310 bits per heavy atom. The zero-order valence-corrected chi connectivity index (χ0v) is 33.6. The number of benzene rings is 9. The number of aromatic nitrogens is 1. The zero-order chi connectivity index (χ0) is 39.1. The van der Waals surface area contributed by atoms with Gasteiger partial charge in [-0.15, -0.1) is 0 Å². The molecule has 10 aromatic rings. The van der Waals surface area contributed by atoms with Crippen molar-refractivity contribution in [3.8, 4) is 55.6 Å². The van der Waals surface area contributed by atoms with E-state index in [1.165, 1.54) is 121 Å². The molecule has 2 aliphatic carbocycles. The zero-order valence-electron chi connectivity index (χ0n) is 33.6. The highest BCUT2D eigenvalue weighted by Gasteiger charge is 2.36. The van der Waals surface area contributed by atoms with Gasteiger partial charge in [-0.1, -0.05) is 161 Å². The minimum atomic E-state index is -0.0674. The maximum absolute atomic E-state index is 2.49. The minimum absolute atomic E-state index is 0.0487. The van der Waals surface area contributed by atoms with Crippen molar-refractivity contribution >= 4 is 43.4 Å². The Morgan fingerprint density at radius 2 is 0.776 bits per heavy atom. The molecule has 1 nitrogen and oxygen atoms in total. The van der Waals surface area contributed by atoms with Crippen molar-refractivity contribution in [1.29, 1.82) is 0 Å². The van der Waals surface area contributed by atoms with Crippen LogP contribution in [0.1, 0.15) is 49.9 Å². The second kappa shape index (κ2) is 11.7. The van der Waals surface area contributed by atoms with Crippen LogP contribution in [-0.2, 0) is 17.9 Å². The fourth-order valence-corrected chi connectivity index (χ4v) is 11.1. The lowest BCUT2D eigenvalue weighted by Gasteiger charge is -2.23. The van der Waals surface area contributed by atoms with Crippen LogP contribution >= 0.6 is 0 Å². The summed E-state index contributed by atoms with van der Waals surface area (Å²) in [4.78, 5) is 0. The third-order valence-electron chi connectivity index (χ3n) is 14.0. The Morgan fingerprint density at radius 3 is 1.53 bits per heavy atom. The highest BCUT2D eigenvalue weighted by molar-refractivity contribution is 6.23. The molecule has 12 rings (SSSR count). The number of para-hydroxylation sites is 1. The van der Waals surface area contributed by atoms with Crippen molar-refractivity contribution in [2.45, 2.75) is 38.5 Å². The molecule has 0 aliphatic heterocycles. The predicted octanol–water partition coefficient (Wildman–Crippen LogP) is 15.3. The maximum atomic E-state index is 2.49. The molecule has 0 radical (unpaired) electrons. The quantitative estimate of drug-likeness (QED) is 0.159. The van der Waals surface area contributed by atoms with E-state index in [9.17, 15) is 0 Å². The van der Waals surface area contributed by atoms with Gasteiger partial charge in [-0.05, 0) is 136 Å². The molecule has 9 aromatic carbocycles. The van der Waals surface area contributed by atoms with Crippen molar-refractivity contribution in [2.24, 2.45) is 7.05 Å². The molecule has 0 spiro atoms. The molecule has 0 amide bonds. The second-order valence-electron chi connectivity index (χ2n) is 17.7. The fourth-order valence-electron chi connectivity index (χ4n) is 11.1. The van der Waals surface area contributed by atoms with Gasteiger partial charge in [0.25, 0.3) is 0 Å². The van der Waals surface area contributed by atoms with E-state index >= 15 is 0 Å². The van der Waals surface area contributed by atoms with Crippen LogP contribution in [0.2, 0.25) is 0 Å². The SMILES string of the molecule is Cn1c2ccccc2c2cc(-c3c4ccccc4c(-c4ccc5c(c4)-c4ccccc4C5(C)C)c4cc(-c5ccc6c(c5)C(C)(C)c5ccccc5-6)ccc34)ccc21. The van der Waals surface area contributed by atoms with Crippen LogP contribution < -0.4 is 0 Å². The highest BCUT2D eigenvalue weighted by atomic mass is 14.9. The topological polar surface area (TPSA) is 4.93 Å². The Labute approximate surface area is 339 Å². The van der Waals surface area contributed by atoms with Crippen LogP contribution in [0.5, 0.6) is 0 Å². The number of hydrogen-bond donors (Lipinski definition) is 0. The van der Waals surface area contributed by atoms with Crippen LogP contribution in [0.4, 0.5) is 0 Å². The van der Waals surface area contributed by atoms with E-state index < -0.39 is 0 Å². The Kier molecular flexibility index (Phi) is 6.74. The lowest BCUT2D eigenvalue weighted by molar-refractivity contribution is 0.660. The molecular weight excluding hydrogens is 699 g/mol. The van der Waals surface area contributed by atoms with E-state index in [0.717, 1.165) is 0 Å². The molecular formula is C57H43N. The molecule has 0 saturated heterocycles. The predicted molar refractivity (Wildman–Crippen MR) is 247 cm³/mol. The third-order valence-corrected chi connectivity index (χ3v) is 14.0. The average Bonchev–Trinajstić information content (AvgIpc) is 3.77. The molecule has 276 valence electrons. The van der Waals surface area contributed by atoms with Crippen LogP contribution in [0.3, 0.4) is 0 Å². The Hall–Kier alpha value is -6.70. The van der Waals surface area contributed by atoms with Gasteiger partial charge in [0.15, 0.2) is 0 Å². The normalized spacial score (nSPS) is 14.6. The largest absolute Gasteiger partial charge is 0.344 e. The van der Waals surface area contributed by atoms with E-state index in [1.54, 1.807) is 0 Å². The molecule has 0 fully saturated rings.